The number of amides is 1. The fourth-order valence-corrected chi connectivity index (χ4v) is 3.95. The molecule has 0 radical (unpaired) electrons. The number of carbonyl (C=O) groups excluding carboxylic acids is 1. The second-order valence-corrected chi connectivity index (χ2v) is 7.49. The van der Waals surface area contributed by atoms with Crippen LogP contribution in [0, 0.1) is 10.1 Å². The first-order chi connectivity index (χ1) is 12.9. The van der Waals surface area contributed by atoms with Gasteiger partial charge in [0.2, 0.25) is 9.84 Å². The average Bonchev–Trinajstić information content (AvgIpc) is 2.69. The van der Waals surface area contributed by atoms with Gasteiger partial charge >= 0.3 is 0 Å². The van der Waals surface area contributed by atoms with Gasteiger partial charge in [0, 0.05) is 17.3 Å². The summed E-state index contributed by atoms with van der Waals surface area (Å²) in [5, 5.41) is 13.9. The summed E-state index contributed by atoms with van der Waals surface area (Å²) in [4.78, 5) is 22.3. The van der Waals surface area contributed by atoms with Crippen LogP contribution in [0.25, 0.3) is 0 Å². The molecule has 0 atom stereocenters. The van der Waals surface area contributed by atoms with Crippen LogP contribution >= 0.6 is 0 Å². The quantitative estimate of drug-likeness (QED) is 0.535. The standard InChI is InChI=1S/C19H14N2O5S/c22-19(14-7-3-1-4-8-14)20-15-11-12-17(21(23)24)18(13-15)27(25,26)16-9-5-2-6-10-16/h1-13H,(H,20,22). The third-order valence-electron chi connectivity index (χ3n) is 3.79. The summed E-state index contributed by atoms with van der Waals surface area (Å²) in [6, 6.07) is 19.2. The van der Waals surface area contributed by atoms with Crippen molar-refractivity contribution >= 4 is 27.1 Å². The van der Waals surface area contributed by atoms with Crippen molar-refractivity contribution in [1.29, 1.82) is 0 Å². The first kappa shape index (κ1) is 18.3. The summed E-state index contributed by atoms with van der Waals surface area (Å²) in [6.07, 6.45) is 0. The van der Waals surface area contributed by atoms with E-state index in [1.165, 1.54) is 30.3 Å². The lowest BCUT2D eigenvalue weighted by atomic mass is 10.2. The molecule has 0 spiro atoms. The zero-order chi connectivity index (χ0) is 19.4. The summed E-state index contributed by atoms with van der Waals surface area (Å²) < 4.78 is 25.7. The van der Waals surface area contributed by atoms with Crippen LogP contribution in [0.15, 0.2) is 88.7 Å². The molecule has 3 rings (SSSR count). The maximum atomic E-state index is 12.8. The van der Waals surface area contributed by atoms with Gasteiger partial charge in [0.1, 0.15) is 0 Å². The largest absolute Gasteiger partial charge is 0.322 e. The highest BCUT2D eigenvalue weighted by Gasteiger charge is 2.28. The van der Waals surface area contributed by atoms with E-state index < -0.39 is 31.3 Å². The molecular formula is C19H14N2O5S. The van der Waals surface area contributed by atoms with Crippen LogP contribution in [-0.2, 0) is 9.84 Å². The topological polar surface area (TPSA) is 106 Å². The van der Waals surface area contributed by atoms with Crippen molar-refractivity contribution in [2.24, 2.45) is 0 Å². The highest BCUT2D eigenvalue weighted by molar-refractivity contribution is 7.91. The minimum Gasteiger partial charge on any atom is -0.322 e. The number of nitro groups is 1. The van der Waals surface area contributed by atoms with Gasteiger partial charge in [-0.2, -0.15) is 0 Å². The number of nitrogens with one attached hydrogen (secondary N) is 1. The number of anilines is 1. The Bertz CT molecular complexity index is 1100. The van der Waals surface area contributed by atoms with E-state index in [1.807, 2.05) is 0 Å². The highest BCUT2D eigenvalue weighted by Crippen LogP contribution is 2.31. The molecule has 8 heteroatoms. The molecule has 0 fully saturated rings. The second-order valence-electron chi connectivity index (χ2n) is 5.58. The molecule has 3 aromatic rings. The molecule has 3 aromatic carbocycles. The Hall–Kier alpha value is -3.52. The van der Waals surface area contributed by atoms with Gasteiger partial charge in [-0.1, -0.05) is 36.4 Å². The molecule has 136 valence electrons. The molecule has 1 N–H and O–H groups in total. The molecule has 0 aliphatic carbocycles. The molecule has 0 aromatic heterocycles. The Morgan fingerprint density at radius 3 is 2.07 bits per heavy atom. The summed E-state index contributed by atoms with van der Waals surface area (Å²) in [5.74, 6) is -0.451. The van der Waals surface area contributed by atoms with Gasteiger partial charge in [-0.25, -0.2) is 8.42 Å². The van der Waals surface area contributed by atoms with E-state index in [2.05, 4.69) is 5.32 Å². The molecular weight excluding hydrogens is 368 g/mol. The summed E-state index contributed by atoms with van der Waals surface area (Å²) >= 11 is 0. The number of sulfone groups is 1. The molecule has 7 nitrogen and oxygen atoms in total. The van der Waals surface area contributed by atoms with Crippen LogP contribution in [0.3, 0.4) is 0 Å². The highest BCUT2D eigenvalue weighted by atomic mass is 32.2. The number of hydrogen-bond acceptors (Lipinski definition) is 5. The van der Waals surface area contributed by atoms with Crippen molar-refractivity contribution in [3.05, 3.63) is 94.5 Å². The van der Waals surface area contributed by atoms with Gasteiger partial charge in [-0.3, -0.25) is 14.9 Å². The minimum absolute atomic E-state index is 0.0698. The van der Waals surface area contributed by atoms with Crippen molar-refractivity contribution in [2.45, 2.75) is 9.79 Å². The van der Waals surface area contributed by atoms with Crippen molar-refractivity contribution in [1.82, 2.24) is 0 Å². The number of carbonyl (C=O) groups is 1. The van der Waals surface area contributed by atoms with E-state index in [0.717, 1.165) is 12.1 Å². The third kappa shape index (κ3) is 3.85. The molecule has 1 amide bonds. The smallest absolute Gasteiger partial charge is 0.288 e. The monoisotopic (exact) mass is 382 g/mol. The molecule has 0 saturated heterocycles. The number of nitro benzene ring substituents is 1. The lowest BCUT2D eigenvalue weighted by molar-refractivity contribution is -0.387. The Morgan fingerprint density at radius 1 is 0.889 bits per heavy atom. The maximum Gasteiger partial charge on any atom is 0.288 e. The van der Waals surface area contributed by atoms with E-state index >= 15 is 0 Å². The zero-order valence-electron chi connectivity index (χ0n) is 13.9. The van der Waals surface area contributed by atoms with Gasteiger partial charge in [-0.15, -0.1) is 0 Å². The predicted molar refractivity (Wildman–Crippen MR) is 99.4 cm³/mol. The summed E-state index contributed by atoms with van der Waals surface area (Å²) in [5.41, 5.74) is -0.0381. The van der Waals surface area contributed by atoms with Gasteiger partial charge in [0.15, 0.2) is 4.90 Å². The van der Waals surface area contributed by atoms with Crippen LogP contribution < -0.4 is 5.32 Å². The predicted octanol–water partition coefficient (Wildman–Crippen LogP) is 3.68. The zero-order valence-corrected chi connectivity index (χ0v) is 14.7. The van der Waals surface area contributed by atoms with Crippen LogP contribution in [0.5, 0.6) is 0 Å². The second kappa shape index (κ2) is 7.38. The Kier molecular flexibility index (Phi) is 5.00. The lowest BCUT2D eigenvalue weighted by Gasteiger charge is -2.09. The number of hydrogen-bond donors (Lipinski definition) is 1. The van der Waals surface area contributed by atoms with E-state index in [1.54, 1.807) is 36.4 Å². The van der Waals surface area contributed by atoms with Crippen LogP contribution in [0.1, 0.15) is 10.4 Å². The molecule has 27 heavy (non-hydrogen) atoms. The lowest BCUT2D eigenvalue weighted by Crippen LogP contribution is -2.13. The Labute approximate surface area is 155 Å². The SMILES string of the molecule is O=C(Nc1ccc([N+](=O)[O-])c(S(=O)(=O)c2ccccc2)c1)c1ccccc1. The van der Waals surface area contributed by atoms with E-state index in [4.69, 9.17) is 0 Å². The van der Waals surface area contributed by atoms with Crippen molar-refractivity contribution in [2.75, 3.05) is 5.32 Å². The Balaban J connectivity index is 2.04. The number of nitrogens with zero attached hydrogens (tertiary/aromatic N) is 1. The average molecular weight is 382 g/mol. The van der Waals surface area contributed by atoms with E-state index in [9.17, 15) is 23.3 Å². The summed E-state index contributed by atoms with van der Waals surface area (Å²) in [6.45, 7) is 0. The van der Waals surface area contributed by atoms with Crippen LogP contribution in [-0.4, -0.2) is 19.2 Å². The third-order valence-corrected chi connectivity index (χ3v) is 5.59. The molecule has 0 bridgehead atoms. The van der Waals surface area contributed by atoms with Crippen molar-refractivity contribution < 1.29 is 18.1 Å². The van der Waals surface area contributed by atoms with Gasteiger partial charge in [0.05, 0.1) is 9.82 Å². The van der Waals surface area contributed by atoms with Gasteiger partial charge < -0.3 is 5.32 Å². The minimum atomic E-state index is -4.13. The van der Waals surface area contributed by atoms with Gasteiger partial charge in [0.25, 0.3) is 11.6 Å². The first-order valence-electron chi connectivity index (χ1n) is 7.84. The molecule has 0 aliphatic heterocycles. The number of rotatable bonds is 5. The van der Waals surface area contributed by atoms with Gasteiger partial charge in [-0.05, 0) is 36.4 Å². The molecule has 0 unspecified atom stereocenters. The van der Waals surface area contributed by atoms with E-state index in [0.29, 0.717) is 5.56 Å². The van der Waals surface area contributed by atoms with Crippen LogP contribution in [0.2, 0.25) is 0 Å². The van der Waals surface area contributed by atoms with Crippen molar-refractivity contribution in [3.8, 4) is 0 Å². The molecule has 0 saturated carbocycles. The fourth-order valence-electron chi connectivity index (χ4n) is 2.48. The van der Waals surface area contributed by atoms with Crippen LogP contribution in [0.4, 0.5) is 11.4 Å². The van der Waals surface area contributed by atoms with E-state index in [-0.39, 0.29) is 10.6 Å². The fraction of sp³-hybridized carbons (Fsp3) is 0. The summed E-state index contributed by atoms with van der Waals surface area (Å²) in [7, 11) is -4.13. The maximum absolute atomic E-state index is 12.8. The molecule has 0 heterocycles. The Morgan fingerprint density at radius 2 is 1.48 bits per heavy atom. The number of benzene rings is 3. The van der Waals surface area contributed by atoms with Crippen molar-refractivity contribution in [3.63, 3.8) is 0 Å². The first-order valence-corrected chi connectivity index (χ1v) is 9.33. The molecule has 0 aliphatic rings. The normalized spacial score (nSPS) is 11.0.